The highest BCUT2D eigenvalue weighted by atomic mass is 32.2. The molecule has 0 aliphatic carbocycles. The molecular weight excluding hydrogens is 342 g/mol. The van der Waals surface area contributed by atoms with Gasteiger partial charge in [0.05, 0.1) is 9.82 Å². The molecule has 0 saturated carbocycles. The third-order valence-corrected chi connectivity index (χ3v) is 5.78. The van der Waals surface area contributed by atoms with Gasteiger partial charge in [-0.1, -0.05) is 36.4 Å². The Kier molecular flexibility index (Phi) is 6.24. The number of nitro benzene ring substituents is 1. The topological polar surface area (TPSA) is 107 Å². The quantitative estimate of drug-likeness (QED) is 0.571. The van der Waals surface area contributed by atoms with Gasteiger partial charge < -0.3 is 5.73 Å². The summed E-state index contributed by atoms with van der Waals surface area (Å²) in [7, 11) is -3.86. The average molecular weight is 363 g/mol. The maximum absolute atomic E-state index is 12.9. The smallest absolute Gasteiger partial charge is 0.273 e. The van der Waals surface area contributed by atoms with Gasteiger partial charge in [0, 0.05) is 31.3 Å². The Hall–Kier alpha value is -2.29. The number of hydrogen-bond acceptors (Lipinski definition) is 5. The highest BCUT2D eigenvalue weighted by molar-refractivity contribution is 7.89. The summed E-state index contributed by atoms with van der Waals surface area (Å²) in [4.78, 5) is 10.4. The monoisotopic (exact) mass is 363 g/mol. The van der Waals surface area contributed by atoms with E-state index in [9.17, 15) is 18.5 Å². The SMILES string of the molecule is Cc1ccc(S(=O)(=O)N(CCN)CCc2ccccc2)cc1[N+](=O)[O-]. The first-order valence-electron chi connectivity index (χ1n) is 7.85. The summed E-state index contributed by atoms with van der Waals surface area (Å²) in [5.41, 5.74) is 6.77. The van der Waals surface area contributed by atoms with Gasteiger partial charge in [-0.05, 0) is 25.0 Å². The van der Waals surface area contributed by atoms with E-state index in [1.807, 2.05) is 30.3 Å². The van der Waals surface area contributed by atoms with Gasteiger partial charge in [-0.15, -0.1) is 0 Å². The Morgan fingerprint density at radius 2 is 1.80 bits per heavy atom. The molecular formula is C17H21N3O4S. The summed E-state index contributed by atoms with van der Waals surface area (Å²) in [6, 6.07) is 13.5. The molecule has 0 fully saturated rings. The van der Waals surface area contributed by atoms with Gasteiger partial charge in [0.2, 0.25) is 10.0 Å². The Bertz CT molecular complexity index is 838. The van der Waals surface area contributed by atoms with Crippen LogP contribution < -0.4 is 5.73 Å². The lowest BCUT2D eigenvalue weighted by atomic mass is 10.1. The van der Waals surface area contributed by atoms with Gasteiger partial charge in [0.25, 0.3) is 5.69 Å². The summed E-state index contributed by atoms with van der Waals surface area (Å²) in [6.45, 7) is 2.14. The highest BCUT2D eigenvalue weighted by Gasteiger charge is 2.26. The van der Waals surface area contributed by atoms with E-state index in [4.69, 9.17) is 5.73 Å². The van der Waals surface area contributed by atoms with Crippen LogP contribution >= 0.6 is 0 Å². The average Bonchev–Trinajstić information content (AvgIpc) is 2.59. The largest absolute Gasteiger partial charge is 0.329 e. The second-order valence-corrected chi connectivity index (χ2v) is 7.57. The maximum Gasteiger partial charge on any atom is 0.273 e. The summed E-state index contributed by atoms with van der Waals surface area (Å²) in [5.74, 6) is 0. The van der Waals surface area contributed by atoms with Crippen LogP contribution in [0.3, 0.4) is 0 Å². The lowest BCUT2D eigenvalue weighted by Gasteiger charge is -2.21. The van der Waals surface area contributed by atoms with Crippen molar-refractivity contribution in [3.05, 3.63) is 69.8 Å². The summed E-state index contributed by atoms with van der Waals surface area (Å²) in [5, 5.41) is 11.1. The number of sulfonamides is 1. The Labute approximate surface area is 147 Å². The number of hydrogen-bond donors (Lipinski definition) is 1. The number of aryl methyl sites for hydroxylation is 1. The van der Waals surface area contributed by atoms with Gasteiger partial charge >= 0.3 is 0 Å². The highest BCUT2D eigenvalue weighted by Crippen LogP contribution is 2.24. The molecule has 0 amide bonds. The Balaban J connectivity index is 2.29. The normalized spacial score (nSPS) is 11.6. The van der Waals surface area contributed by atoms with Crippen molar-refractivity contribution in [2.75, 3.05) is 19.6 Å². The van der Waals surface area contributed by atoms with Crippen molar-refractivity contribution < 1.29 is 13.3 Å². The Morgan fingerprint density at radius 1 is 1.12 bits per heavy atom. The van der Waals surface area contributed by atoms with Crippen molar-refractivity contribution in [1.82, 2.24) is 4.31 Å². The van der Waals surface area contributed by atoms with Crippen LogP contribution in [0.4, 0.5) is 5.69 Å². The van der Waals surface area contributed by atoms with Crippen molar-refractivity contribution in [3.8, 4) is 0 Å². The lowest BCUT2D eigenvalue weighted by Crippen LogP contribution is -2.37. The maximum atomic E-state index is 12.9. The molecule has 25 heavy (non-hydrogen) atoms. The molecule has 2 N–H and O–H groups in total. The van der Waals surface area contributed by atoms with E-state index in [2.05, 4.69) is 0 Å². The molecule has 0 unspecified atom stereocenters. The van der Waals surface area contributed by atoms with Crippen molar-refractivity contribution in [3.63, 3.8) is 0 Å². The van der Waals surface area contributed by atoms with Crippen LogP contribution in [0.5, 0.6) is 0 Å². The Morgan fingerprint density at radius 3 is 2.40 bits per heavy atom. The zero-order valence-electron chi connectivity index (χ0n) is 14.0. The number of nitrogens with zero attached hydrogens (tertiary/aromatic N) is 2. The van der Waals surface area contributed by atoms with E-state index >= 15 is 0 Å². The van der Waals surface area contributed by atoms with Crippen LogP contribution in [-0.4, -0.2) is 37.3 Å². The fourth-order valence-electron chi connectivity index (χ4n) is 2.49. The van der Waals surface area contributed by atoms with Crippen LogP contribution in [0.2, 0.25) is 0 Å². The molecule has 0 bridgehead atoms. The molecule has 0 aliphatic rings. The van der Waals surface area contributed by atoms with E-state index in [-0.39, 0.29) is 30.2 Å². The fourth-order valence-corrected chi connectivity index (χ4v) is 3.97. The molecule has 7 nitrogen and oxygen atoms in total. The first kappa shape index (κ1) is 19.0. The minimum absolute atomic E-state index is 0.0914. The van der Waals surface area contributed by atoms with Gasteiger partial charge in [-0.25, -0.2) is 8.42 Å². The minimum Gasteiger partial charge on any atom is -0.329 e. The molecule has 2 aromatic carbocycles. The molecule has 0 radical (unpaired) electrons. The first-order valence-corrected chi connectivity index (χ1v) is 9.29. The van der Waals surface area contributed by atoms with Crippen molar-refractivity contribution in [1.29, 1.82) is 0 Å². The number of benzene rings is 2. The third kappa shape index (κ3) is 4.62. The zero-order chi connectivity index (χ0) is 18.4. The second-order valence-electron chi connectivity index (χ2n) is 5.63. The van der Waals surface area contributed by atoms with Crippen LogP contribution in [0.1, 0.15) is 11.1 Å². The van der Waals surface area contributed by atoms with Crippen LogP contribution in [0.15, 0.2) is 53.4 Å². The van der Waals surface area contributed by atoms with E-state index < -0.39 is 14.9 Å². The molecule has 0 atom stereocenters. The molecule has 8 heteroatoms. The summed E-state index contributed by atoms with van der Waals surface area (Å²) >= 11 is 0. The van der Waals surface area contributed by atoms with Crippen LogP contribution in [0.25, 0.3) is 0 Å². The number of nitro groups is 1. The third-order valence-electron chi connectivity index (χ3n) is 3.89. The molecule has 0 saturated heterocycles. The van der Waals surface area contributed by atoms with Crippen molar-refractivity contribution in [2.45, 2.75) is 18.2 Å². The zero-order valence-corrected chi connectivity index (χ0v) is 14.8. The molecule has 0 spiro atoms. The summed E-state index contributed by atoms with van der Waals surface area (Å²) in [6.07, 6.45) is 0.536. The van der Waals surface area contributed by atoms with E-state index in [0.717, 1.165) is 11.6 Å². The van der Waals surface area contributed by atoms with Gasteiger partial charge in [-0.3, -0.25) is 10.1 Å². The van der Waals surface area contributed by atoms with Crippen molar-refractivity contribution >= 4 is 15.7 Å². The molecule has 0 heterocycles. The summed E-state index contributed by atoms with van der Waals surface area (Å²) < 4.78 is 27.0. The number of nitrogens with two attached hydrogens (primary N) is 1. The first-order chi connectivity index (χ1) is 11.9. The van der Waals surface area contributed by atoms with Crippen LogP contribution in [-0.2, 0) is 16.4 Å². The predicted octanol–water partition coefficient (Wildman–Crippen LogP) is 2.10. The molecule has 2 rings (SSSR count). The minimum atomic E-state index is -3.86. The number of rotatable bonds is 8. The molecule has 2 aromatic rings. The predicted molar refractivity (Wildman–Crippen MR) is 95.8 cm³/mol. The van der Waals surface area contributed by atoms with Crippen molar-refractivity contribution in [2.24, 2.45) is 5.73 Å². The molecule has 0 aromatic heterocycles. The van der Waals surface area contributed by atoms with E-state index in [1.165, 1.54) is 16.4 Å². The molecule has 134 valence electrons. The van der Waals surface area contributed by atoms with Gasteiger partial charge in [0.1, 0.15) is 0 Å². The second kappa shape index (κ2) is 8.19. The fraction of sp³-hybridized carbons (Fsp3) is 0.294. The van der Waals surface area contributed by atoms with E-state index in [0.29, 0.717) is 12.0 Å². The lowest BCUT2D eigenvalue weighted by molar-refractivity contribution is -0.385. The van der Waals surface area contributed by atoms with Crippen LogP contribution in [0, 0.1) is 17.0 Å². The van der Waals surface area contributed by atoms with Gasteiger partial charge in [0.15, 0.2) is 0 Å². The van der Waals surface area contributed by atoms with E-state index in [1.54, 1.807) is 6.92 Å². The molecule has 0 aliphatic heterocycles. The van der Waals surface area contributed by atoms with Gasteiger partial charge in [-0.2, -0.15) is 4.31 Å². The standard InChI is InChI=1S/C17H21N3O4S/c1-14-7-8-16(13-17(14)20(21)22)25(23,24)19(12-10-18)11-9-15-5-3-2-4-6-15/h2-8,13H,9-12,18H2,1H3.